The Morgan fingerprint density at radius 2 is 1.79 bits per heavy atom. The molecule has 33 heavy (non-hydrogen) atoms. The lowest BCUT2D eigenvalue weighted by atomic mass is 9.71. The molecule has 2 fully saturated rings. The molecule has 7 heteroatoms. The second-order valence-corrected chi connectivity index (χ2v) is 9.59. The number of ether oxygens (including phenoxy) is 2. The molecule has 0 amide bonds. The van der Waals surface area contributed by atoms with Crippen LogP contribution in [0.4, 0.5) is 13.2 Å². The number of rotatable bonds is 7. The number of hydrogen-bond donors (Lipinski definition) is 1. The molecule has 0 bridgehead atoms. The van der Waals surface area contributed by atoms with Crippen LogP contribution in [0.25, 0.3) is 0 Å². The third-order valence-electron chi connectivity index (χ3n) is 7.17. The number of alkyl halides is 3. The second kappa shape index (κ2) is 9.55. The van der Waals surface area contributed by atoms with Crippen LogP contribution in [0.1, 0.15) is 49.7 Å². The topological polar surface area (TPSA) is 41.9 Å². The fourth-order valence-electron chi connectivity index (χ4n) is 5.41. The SMILES string of the molecule is COc1ccc([C@@H]2CN(Cc3ccccc3)C[C@@]2(C)[C@H](O)C(F)(F)F)cc1OC1CCCC1. The van der Waals surface area contributed by atoms with Crippen molar-refractivity contribution in [2.75, 3.05) is 20.2 Å². The zero-order valence-corrected chi connectivity index (χ0v) is 19.1. The number of benzene rings is 2. The van der Waals surface area contributed by atoms with E-state index in [9.17, 15) is 18.3 Å². The summed E-state index contributed by atoms with van der Waals surface area (Å²) in [5.74, 6) is 0.616. The molecule has 1 N–H and O–H groups in total. The van der Waals surface area contributed by atoms with Crippen LogP contribution in [0.2, 0.25) is 0 Å². The molecule has 2 aromatic carbocycles. The van der Waals surface area contributed by atoms with Gasteiger partial charge in [0.25, 0.3) is 0 Å². The molecule has 0 aromatic heterocycles. The van der Waals surface area contributed by atoms with Gasteiger partial charge in [-0.3, -0.25) is 4.90 Å². The summed E-state index contributed by atoms with van der Waals surface area (Å²) in [4.78, 5) is 2.00. The Morgan fingerprint density at radius 1 is 1.09 bits per heavy atom. The van der Waals surface area contributed by atoms with E-state index < -0.39 is 23.6 Å². The zero-order valence-electron chi connectivity index (χ0n) is 19.1. The standard InChI is InChI=1S/C26H32F3NO3/c1-25(24(31)26(27,28)29)17-30(15-18-8-4-3-5-9-18)16-21(25)19-12-13-22(32-2)23(14-19)33-20-10-6-7-11-20/h3-5,8-9,12-14,20-21,24,31H,6-7,10-11,15-17H2,1-2H3/t21-,24-,25+/m0/s1. The van der Waals surface area contributed by atoms with Crippen molar-refractivity contribution in [1.29, 1.82) is 0 Å². The molecule has 4 nitrogen and oxygen atoms in total. The van der Waals surface area contributed by atoms with Gasteiger partial charge in [-0.25, -0.2) is 0 Å². The molecular weight excluding hydrogens is 431 g/mol. The maximum atomic E-state index is 13.7. The van der Waals surface area contributed by atoms with E-state index in [-0.39, 0.29) is 12.6 Å². The highest BCUT2D eigenvalue weighted by atomic mass is 19.4. The van der Waals surface area contributed by atoms with Crippen LogP contribution >= 0.6 is 0 Å². The van der Waals surface area contributed by atoms with Crippen LogP contribution in [0.5, 0.6) is 11.5 Å². The van der Waals surface area contributed by atoms with Crippen molar-refractivity contribution in [3.05, 3.63) is 59.7 Å². The Bertz CT molecular complexity index is 930. The van der Waals surface area contributed by atoms with Crippen molar-refractivity contribution in [2.45, 2.75) is 63.5 Å². The summed E-state index contributed by atoms with van der Waals surface area (Å²) >= 11 is 0. The molecule has 2 aromatic rings. The number of methoxy groups -OCH3 is 1. The Morgan fingerprint density at radius 3 is 2.42 bits per heavy atom. The van der Waals surface area contributed by atoms with Gasteiger partial charge in [0, 0.05) is 31.0 Å². The van der Waals surface area contributed by atoms with Crippen molar-refractivity contribution >= 4 is 0 Å². The summed E-state index contributed by atoms with van der Waals surface area (Å²) in [6, 6.07) is 15.1. The molecule has 0 radical (unpaired) electrons. The molecule has 1 saturated heterocycles. The molecule has 180 valence electrons. The summed E-state index contributed by atoms with van der Waals surface area (Å²) in [6.07, 6.45) is -2.89. The van der Waals surface area contributed by atoms with Gasteiger partial charge in [0.2, 0.25) is 0 Å². The normalized spacial score (nSPS) is 25.3. The fraction of sp³-hybridized carbons (Fsp3) is 0.538. The van der Waals surface area contributed by atoms with Gasteiger partial charge in [0.05, 0.1) is 13.2 Å². The van der Waals surface area contributed by atoms with Crippen LogP contribution in [-0.2, 0) is 6.54 Å². The molecule has 0 spiro atoms. The summed E-state index contributed by atoms with van der Waals surface area (Å²) in [7, 11) is 1.56. The number of aliphatic hydroxyl groups is 1. The van der Waals surface area contributed by atoms with Gasteiger partial charge in [-0.2, -0.15) is 13.2 Å². The Hall–Kier alpha value is -2.25. The van der Waals surface area contributed by atoms with Crippen molar-refractivity contribution in [1.82, 2.24) is 4.90 Å². The van der Waals surface area contributed by atoms with Gasteiger partial charge in [-0.1, -0.05) is 43.3 Å². The minimum atomic E-state index is -4.70. The van der Waals surface area contributed by atoms with Gasteiger partial charge in [-0.15, -0.1) is 0 Å². The van der Waals surface area contributed by atoms with E-state index in [1.165, 1.54) is 0 Å². The molecule has 1 heterocycles. The maximum Gasteiger partial charge on any atom is 0.414 e. The summed E-state index contributed by atoms with van der Waals surface area (Å²) in [5, 5.41) is 10.5. The van der Waals surface area contributed by atoms with Gasteiger partial charge in [0.1, 0.15) is 0 Å². The predicted molar refractivity (Wildman–Crippen MR) is 121 cm³/mol. The lowest BCUT2D eigenvalue weighted by molar-refractivity contribution is -0.237. The third-order valence-corrected chi connectivity index (χ3v) is 7.17. The maximum absolute atomic E-state index is 13.7. The van der Waals surface area contributed by atoms with E-state index in [1.807, 2.05) is 41.3 Å². The van der Waals surface area contributed by atoms with Gasteiger partial charge < -0.3 is 14.6 Å². The smallest absolute Gasteiger partial charge is 0.414 e. The van der Waals surface area contributed by atoms with Crippen molar-refractivity contribution < 1.29 is 27.8 Å². The highest BCUT2D eigenvalue weighted by Gasteiger charge is 2.57. The number of halogens is 3. The second-order valence-electron chi connectivity index (χ2n) is 9.59. The van der Waals surface area contributed by atoms with Crippen molar-refractivity contribution in [3.63, 3.8) is 0 Å². The monoisotopic (exact) mass is 463 g/mol. The molecule has 3 atom stereocenters. The fourth-order valence-corrected chi connectivity index (χ4v) is 5.41. The highest BCUT2D eigenvalue weighted by Crippen LogP contribution is 2.50. The van der Waals surface area contributed by atoms with Crippen molar-refractivity contribution in [3.8, 4) is 11.5 Å². The van der Waals surface area contributed by atoms with E-state index in [4.69, 9.17) is 9.47 Å². The average Bonchev–Trinajstić information content (AvgIpc) is 3.41. The molecular formula is C26H32F3NO3. The summed E-state index contributed by atoms with van der Waals surface area (Å²) < 4.78 is 52.9. The molecule has 1 saturated carbocycles. The number of aliphatic hydroxyl groups excluding tert-OH is 1. The zero-order chi connectivity index (χ0) is 23.6. The summed E-state index contributed by atoms with van der Waals surface area (Å²) in [5.41, 5.74) is 0.360. The van der Waals surface area contributed by atoms with Crippen LogP contribution in [0.3, 0.4) is 0 Å². The van der Waals surface area contributed by atoms with Crippen LogP contribution in [0, 0.1) is 5.41 Å². The molecule has 1 aliphatic heterocycles. The first-order chi connectivity index (χ1) is 15.7. The number of nitrogens with zero attached hydrogens (tertiary/aromatic N) is 1. The van der Waals surface area contributed by atoms with Crippen LogP contribution in [-0.4, -0.2) is 48.6 Å². The number of likely N-dealkylation sites (tertiary alicyclic amines) is 1. The van der Waals surface area contributed by atoms with E-state index in [0.29, 0.717) is 24.6 Å². The predicted octanol–water partition coefficient (Wildman–Crippen LogP) is 5.55. The van der Waals surface area contributed by atoms with Gasteiger partial charge >= 0.3 is 6.18 Å². The largest absolute Gasteiger partial charge is 0.493 e. The molecule has 1 aliphatic carbocycles. The quantitative estimate of drug-likeness (QED) is 0.585. The van der Waals surface area contributed by atoms with Crippen molar-refractivity contribution in [2.24, 2.45) is 5.41 Å². The van der Waals surface area contributed by atoms with E-state index in [1.54, 1.807) is 26.2 Å². The number of hydrogen-bond acceptors (Lipinski definition) is 4. The van der Waals surface area contributed by atoms with E-state index >= 15 is 0 Å². The lowest BCUT2D eigenvalue weighted by Crippen LogP contribution is -2.47. The Balaban J connectivity index is 1.66. The van der Waals surface area contributed by atoms with Gasteiger partial charge in [-0.05, 0) is 48.9 Å². The minimum Gasteiger partial charge on any atom is -0.493 e. The minimum absolute atomic E-state index is 0.0967. The Kier molecular flexibility index (Phi) is 6.91. The first kappa shape index (κ1) is 23.9. The molecule has 4 rings (SSSR count). The summed E-state index contributed by atoms with van der Waals surface area (Å²) in [6.45, 7) is 2.62. The lowest BCUT2D eigenvalue weighted by Gasteiger charge is -2.37. The first-order valence-electron chi connectivity index (χ1n) is 11.6. The van der Waals surface area contributed by atoms with E-state index in [2.05, 4.69) is 0 Å². The Labute approximate surface area is 193 Å². The van der Waals surface area contributed by atoms with Crippen LogP contribution in [0.15, 0.2) is 48.5 Å². The molecule has 2 aliphatic rings. The highest BCUT2D eigenvalue weighted by molar-refractivity contribution is 5.45. The van der Waals surface area contributed by atoms with Crippen LogP contribution < -0.4 is 9.47 Å². The third kappa shape index (κ3) is 5.14. The molecule has 0 unspecified atom stereocenters. The van der Waals surface area contributed by atoms with E-state index in [0.717, 1.165) is 36.8 Å². The average molecular weight is 464 g/mol. The first-order valence-corrected chi connectivity index (χ1v) is 11.6. The van der Waals surface area contributed by atoms with Gasteiger partial charge in [0.15, 0.2) is 17.6 Å².